The van der Waals surface area contributed by atoms with Crippen LogP contribution in [0.1, 0.15) is 31.9 Å². The number of methoxy groups -OCH3 is 1. The van der Waals surface area contributed by atoms with E-state index in [0.29, 0.717) is 17.4 Å². The molecule has 112 valence electrons. The molecule has 20 heavy (non-hydrogen) atoms. The number of ether oxygens (including phenoxy) is 2. The van der Waals surface area contributed by atoms with Crippen molar-refractivity contribution in [3.05, 3.63) is 29.8 Å². The maximum absolute atomic E-state index is 5.64. The molecule has 3 nitrogen and oxygen atoms in total. The van der Waals surface area contributed by atoms with Gasteiger partial charge in [-0.15, -0.1) is 0 Å². The van der Waals surface area contributed by atoms with Gasteiger partial charge in [0.25, 0.3) is 0 Å². The van der Waals surface area contributed by atoms with Crippen molar-refractivity contribution in [2.24, 2.45) is 0 Å². The van der Waals surface area contributed by atoms with Crippen molar-refractivity contribution in [3.63, 3.8) is 0 Å². The Morgan fingerprint density at radius 3 is 2.70 bits per heavy atom. The topological polar surface area (TPSA) is 30.5 Å². The predicted octanol–water partition coefficient (Wildman–Crippen LogP) is 3.26. The van der Waals surface area contributed by atoms with Crippen LogP contribution >= 0.6 is 11.8 Å². The Balaban J connectivity index is 1.94. The van der Waals surface area contributed by atoms with Crippen LogP contribution in [-0.2, 0) is 4.74 Å². The maximum atomic E-state index is 5.64. The van der Waals surface area contributed by atoms with Gasteiger partial charge in [0.15, 0.2) is 0 Å². The minimum absolute atomic E-state index is 0.387. The summed E-state index contributed by atoms with van der Waals surface area (Å²) in [6.45, 7) is 6.23. The molecular weight excluding hydrogens is 270 g/mol. The Kier molecular flexibility index (Phi) is 6.20. The summed E-state index contributed by atoms with van der Waals surface area (Å²) in [4.78, 5) is 0. The van der Waals surface area contributed by atoms with Crippen LogP contribution in [0.25, 0.3) is 0 Å². The van der Waals surface area contributed by atoms with Crippen LogP contribution in [0.4, 0.5) is 0 Å². The quantitative estimate of drug-likeness (QED) is 0.836. The molecule has 1 aromatic carbocycles. The summed E-state index contributed by atoms with van der Waals surface area (Å²) in [5.74, 6) is 1.99. The highest BCUT2D eigenvalue weighted by Crippen LogP contribution is 2.30. The maximum Gasteiger partial charge on any atom is 0.118 e. The highest BCUT2D eigenvalue weighted by atomic mass is 32.2. The first kappa shape index (κ1) is 15.7. The molecule has 1 aromatic rings. The largest absolute Gasteiger partial charge is 0.497 e. The van der Waals surface area contributed by atoms with Crippen LogP contribution in [0, 0.1) is 0 Å². The van der Waals surface area contributed by atoms with Gasteiger partial charge in [0, 0.05) is 23.7 Å². The summed E-state index contributed by atoms with van der Waals surface area (Å²) in [7, 11) is 1.70. The summed E-state index contributed by atoms with van der Waals surface area (Å²) in [6, 6.07) is 8.77. The van der Waals surface area contributed by atoms with Gasteiger partial charge in [0.05, 0.1) is 13.2 Å². The van der Waals surface area contributed by atoms with E-state index in [9.17, 15) is 0 Å². The van der Waals surface area contributed by atoms with Crippen molar-refractivity contribution in [2.75, 3.05) is 26.0 Å². The SMILES string of the molecule is CCNC(CSC1CCOC1C)c1ccc(OC)cc1. The van der Waals surface area contributed by atoms with Gasteiger partial charge in [-0.25, -0.2) is 0 Å². The van der Waals surface area contributed by atoms with Crippen LogP contribution in [-0.4, -0.2) is 37.4 Å². The standard InChI is InChI=1S/C16H25NO2S/c1-4-17-15(11-20-16-9-10-19-12(16)2)13-5-7-14(18-3)8-6-13/h5-8,12,15-17H,4,9-11H2,1-3H3. The second-order valence-electron chi connectivity index (χ2n) is 5.12. The third-order valence-electron chi connectivity index (χ3n) is 3.75. The molecule has 3 unspecified atom stereocenters. The molecule has 1 N–H and O–H groups in total. The van der Waals surface area contributed by atoms with E-state index in [1.54, 1.807) is 7.11 Å². The summed E-state index contributed by atoms with van der Waals surface area (Å²) in [5, 5.41) is 4.21. The molecule has 1 aliphatic rings. The fraction of sp³-hybridized carbons (Fsp3) is 0.625. The summed E-state index contributed by atoms with van der Waals surface area (Å²) >= 11 is 2.03. The molecular formula is C16H25NO2S. The Morgan fingerprint density at radius 1 is 1.40 bits per heavy atom. The van der Waals surface area contributed by atoms with E-state index in [1.165, 1.54) is 12.0 Å². The van der Waals surface area contributed by atoms with Crippen molar-refractivity contribution in [1.82, 2.24) is 5.32 Å². The van der Waals surface area contributed by atoms with E-state index in [0.717, 1.165) is 24.7 Å². The van der Waals surface area contributed by atoms with Crippen molar-refractivity contribution in [2.45, 2.75) is 37.7 Å². The van der Waals surface area contributed by atoms with Gasteiger partial charge < -0.3 is 14.8 Å². The van der Waals surface area contributed by atoms with E-state index in [4.69, 9.17) is 9.47 Å². The smallest absolute Gasteiger partial charge is 0.118 e. The van der Waals surface area contributed by atoms with Crippen LogP contribution in [0.2, 0.25) is 0 Å². The molecule has 1 fully saturated rings. The minimum Gasteiger partial charge on any atom is -0.497 e. The number of hydrogen-bond acceptors (Lipinski definition) is 4. The van der Waals surface area contributed by atoms with Crippen LogP contribution in [0.15, 0.2) is 24.3 Å². The molecule has 1 heterocycles. The lowest BCUT2D eigenvalue weighted by Gasteiger charge is -2.21. The lowest BCUT2D eigenvalue weighted by atomic mass is 10.1. The van der Waals surface area contributed by atoms with Gasteiger partial charge in [0.2, 0.25) is 0 Å². The Labute approximate surface area is 126 Å². The fourth-order valence-corrected chi connectivity index (χ4v) is 3.87. The van der Waals surface area contributed by atoms with Crippen LogP contribution < -0.4 is 10.1 Å². The van der Waals surface area contributed by atoms with Crippen LogP contribution in [0.5, 0.6) is 5.75 Å². The van der Waals surface area contributed by atoms with Crippen molar-refractivity contribution < 1.29 is 9.47 Å². The van der Waals surface area contributed by atoms with E-state index in [2.05, 4.69) is 31.3 Å². The highest BCUT2D eigenvalue weighted by Gasteiger charge is 2.25. The Hall–Kier alpha value is -0.710. The fourth-order valence-electron chi connectivity index (χ4n) is 2.51. The molecule has 0 aromatic heterocycles. The summed E-state index contributed by atoms with van der Waals surface area (Å²) in [5.41, 5.74) is 1.33. The van der Waals surface area contributed by atoms with Gasteiger partial charge >= 0.3 is 0 Å². The first-order chi connectivity index (χ1) is 9.74. The van der Waals surface area contributed by atoms with Gasteiger partial charge in [-0.2, -0.15) is 11.8 Å². The molecule has 0 bridgehead atoms. The molecule has 1 saturated heterocycles. The van der Waals surface area contributed by atoms with Gasteiger partial charge in [0.1, 0.15) is 5.75 Å². The number of hydrogen-bond donors (Lipinski definition) is 1. The normalized spacial score (nSPS) is 23.8. The molecule has 0 amide bonds. The average molecular weight is 295 g/mol. The van der Waals surface area contributed by atoms with Crippen molar-refractivity contribution >= 4 is 11.8 Å². The van der Waals surface area contributed by atoms with E-state index in [-0.39, 0.29) is 0 Å². The third-order valence-corrected chi connectivity index (χ3v) is 5.33. The average Bonchev–Trinajstić information content (AvgIpc) is 2.89. The molecule has 0 saturated carbocycles. The zero-order valence-corrected chi connectivity index (χ0v) is 13.4. The molecule has 0 aliphatic carbocycles. The van der Waals surface area contributed by atoms with Crippen LogP contribution in [0.3, 0.4) is 0 Å². The highest BCUT2D eigenvalue weighted by molar-refractivity contribution is 8.00. The monoisotopic (exact) mass is 295 g/mol. The molecule has 0 radical (unpaired) electrons. The second kappa shape index (κ2) is 7.91. The third kappa shape index (κ3) is 4.14. The van der Waals surface area contributed by atoms with Gasteiger partial charge in [-0.1, -0.05) is 19.1 Å². The first-order valence-corrected chi connectivity index (χ1v) is 8.40. The van der Waals surface area contributed by atoms with Crippen molar-refractivity contribution in [3.8, 4) is 5.75 Å². The van der Waals surface area contributed by atoms with E-state index < -0.39 is 0 Å². The minimum atomic E-state index is 0.387. The number of thioether (sulfide) groups is 1. The molecule has 3 atom stereocenters. The molecule has 2 rings (SSSR count). The summed E-state index contributed by atoms with van der Waals surface area (Å²) < 4.78 is 10.9. The summed E-state index contributed by atoms with van der Waals surface area (Å²) in [6.07, 6.45) is 1.56. The molecule has 4 heteroatoms. The lowest BCUT2D eigenvalue weighted by molar-refractivity contribution is 0.127. The Bertz CT molecular complexity index is 396. The van der Waals surface area contributed by atoms with E-state index >= 15 is 0 Å². The zero-order valence-electron chi connectivity index (χ0n) is 12.6. The molecule has 1 aliphatic heterocycles. The van der Waals surface area contributed by atoms with Crippen molar-refractivity contribution in [1.29, 1.82) is 0 Å². The molecule has 0 spiro atoms. The zero-order chi connectivity index (χ0) is 14.4. The Morgan fingerprint density at radius 2 is 2.15 bits per heavy atom. The van der Waals surface area contributed by atoms with Gasteiger partial charge in [-0.05, 0) is 37.6 Å². The van der Waals surface area contributed by atoms with E-state index in [1.807, 2.05) is 23.9 Å². The van der Waals surface area contributed by atoms with Gasteiger partial charge in [-0.3, -0.25) is 0 Å². The number of benzene rings is 1. The first-order valence-electron chi connectivity index (χ1n) is 7.35. The lowest BCUT2D eigenvalue weighted by Crippen LogP contribution is -2.25. The second-order valence-corrected chi connectivity index (χ2v) is 6.39. The predicted molar refractivity (Wildman–Crippen MR) is 85.7 cm³/mol. The number of nitrogens with one attached hydrogen (secondary N) is 1. The number of rotatable bonds is 7.